The molecule has 0 spiro atoms. The molecule has 332 valence electrons. The van der Waals surface area contributed by atoms with Gasteiger partial charge in [0.1, 0.15) is 12.7 Å². The van der Waals surface area contributed by atoms with E-state index in [2.05, 4.69) is 23.8 Å². The number of nitrogens with one attached hydrogen (secondary N) is 2. The molecule has 1 atom stereocenters. The first-order valence-electron chi connectivity index (χ1n) is 20.6. The standard InChI is InChI=1S/C49H54N2O12/c1-4-44(52)58-26-6-7-28-60-46(54)32-40-14-10-36(11-15-40)30-37-12-16-41(17-13-37)33-47(55)62-34-35(3)63-49(57)51-43-24-20-39(21-25-43)31-38-18-22-42(23-19-38)50-48(56)61-29-9-8-27-59-45(53)5-2/h4-5,10-25,35H,1-2,6-9,26-34H2,3H3,(H,50,56)(H,51,57). The van der Waals surface area contributed by atoms with Crippen LogP contribution in [0, 0.1) is 0 Å². The highest BCUT2D eigenvalue weighted by molar-refractivity contribution is 5.85. The van der Waals surface area contributed by atoms with Crippen molar-refractivity contribution in [1.29, 1.82) is 0 Å². The molecule has 14 heteroatoms. The van der Waals surface area contributed by atoms with Crippen molar-refractivity contribution in [3.05, 3.63) is 156 Å². The van der Waals surface area contributed by atoms with Gasteiger partial charge in [-0.1, -0.05) is 86.0 Å². The van der Waals surface area contributed by atoms with Crippen LogP contribution in [0.1, 0.15) is 66.0 Å². The van der Waals surface area contributed by atoms with Crippen molar-refractivity contribution in [1.82, 2.24) is 0 Å². The van der Waals surface area contributed by atoms with Crippen LogP contribution in [0.2, 0.25) is 0 Å². The fraction of sp³-hybridized carbons (Fsp3) is 0.306. The highest BCUT2D eigenvalue weighted by atomic mass is 16.6. The SMILES string of the molecule is C=CC(=O)OCCCCOC(=O)Cc1ccc(Cc2ccc(CC(=O)OCC(C)OC(=O)Nc3ccc(Cc4ccc(NC(=O)OCCCCOC(=O)C=C)cc4)cc3)cc2)cc1. The summed E-state index contributed by atoms with van der Waals surface area (Å²) in [5.41, 5.74) is 6.89. The van der Waals surface area contributed by atoms with Gasteiger partial charge in [-0.25, -0.2) is 19.2 Å². The molecule has 1 unspecified atom stereocenters. The van der Waals surface area contributed by atoms with Crippen LogP contribution in [0.25, 0.3) is 0 Å². The van der Waals surface area contributed by atoms with Gasteiger partial charge in [0.25, 0.3) is 0 Å². The van der Waals surface area contributed by atoms with E-state index in [1.807, 2.05) is 72.8 Å². The zero-order valence-electron chi connectivity index (χ0n) is 35.5. The second-order valence-corrected chi connectivity index (χ2v) is 14.4. The van der Waals surface area contributed by atoms with Crippen LogP contribution in [0.5, 0.6) is 0 Å². The van der Waals surface area contributed by atoms with Crippen LogP contribution >= 0.6 is 0 Å². The fourth-order valence-corrected chi connectivity index (χ4v) is 5.82. The molecule has 4 rings (SSSR count). The third-order valence-electron chi connectivity index (χ3n) is 9.14. The summed E-state index contributed by atoms with van der Waals surface area (Å²) < 4.78 is 31.0. The summed E-state index contributed by atoms with van der Waals surface area (Å²) in [5, 5.41) is 5.37. The van der Waals surface area contributed by atoms with Gasteiger partial charge in [-0.05, 0) is 103 Å². The zero-order valence-corrected chi connectivity index (χ0v) is 35.5. The summed E-state index contributed by atoms with van der Waals surface area (Å²) >= 11 is 0. The monoisotopic (exact) mass is 862 g/mol. The molecule has 0 aromatic heterocycles. The maximum Gasteiger partial charge on any atom is 0.412 e. The van der Waals surface area contributed by atoms with Crippen LogP contribution in [-0.4, -0.2) is 75.2 Å². The van der Waals surface area contributed by atoms with Gasteiger partial charge in [-0.3, -0.25) is 20.2 Å². The minimum atomic E-state index is -0.681. The van der Waals surface area contributed by atoms with Crippen LogP contribution in [-0.2, 0) is 73.3 Å². The van der Waals surface area contributed by atoms with E-state index in [0.29, 0.717) is 49.9 Å². The summed E-state index contributed by atoms with van der Waals surface area (Å²) in [7, 11) is 0. The van der Waals surface area contributed by atoms with E-state index in [9.17, 15) is 28.8 Å². The minimum absolute atomic E-state index is 0.0646. The average molecular weight is 863 g/mol. The van der Waals surface area contributed by atoms with Crippen LogP contribution in [0.3, 0.4) is 0 Å². The maximum atomic E-state index is 12.6. The summed E-state index contributed by atoms with van der Waals surface area (Å²) in [6.45, 7) is 9.15. The first-order chi connectivity index (χ1) is 30.5. The molecular weight excluding hydrogens is 809 g/mol. The normalized spacial score (nSPS) is 10.9. The van der Waals surface area contributed by atoms with Gasteiger partial charge in [-0.2, -0.15) is 0 Å². The Labute approximate surface area is 367 Å². The molecule has 2 amide bonds. The van der Waals surface area contributed by atoms with Crippen molar-refractivity contribution in [2.75, 3.05) is 43.7 Å². The smallest absolute Gasteiger partial charge is 0.412 e. The van der Waals surface area contributed by atoms with Gasteiger partial charge in [0, 0.05) is 23.5 Å². The van der Waals surface area contributed by atoms with E-state index in [1.165, 1.54) is 0 Å². The number of ether oxygens (including phenoxy) is 6. The third-order valence-corrected chi connectivity index (χ3v) is 9.14. The molecule has 0 radical (unpaired) electrons. The van der Waals surface area contributed by atoms with Crippen molar-refractivity contribution < 1.29 is 57.2 Å². The number of rotatable bonds is 25. The third kappa shape index (κ3) is 19.8. The zero-order chi connectivity index (χ0) is 45.2. The van der Waals surface area contributed by atoms with Gasteiger partial charge in [0.05, 0.1) is 39.3 Å². The quantitative estimate of drug-likeness (QED) is 0.0282. The van der Waals surface area contributed by atoms with Gasteiger partial charge in [0.15, 0.2) is 0 Å². The molecular formula is C49H54N2O12. The molecule has 0 saturated heterocycles. The van der Waals surface area contributed by atoms with Gasteiger partial charge in [0.2, 0.25) is 0 Å². The van der Waals surface area contributed by atoms with Gasteiger partial charge < -0.3 is 28.4 Å². The topological polar surface area (TPSA) is 182 Å². The average Bonchev–Trinajstić information content (AvgIpc) is 3.27. The number of esters is 4. The number of carbonyl (C=O) groups excluding carboxylic acids is 6. The Morgan fingerprint density at radius 1 is 0.476 bits per heavy atom. The molecule has 14 nitrogen and oxygen atoms in total. The highest BCUT2D eigenvalue weighted by Gasteiger charge is 2.14. The number of anilines is 2. The van der Waals surface area contributed by atoms with Crippen molar-refractivity contribution in [2.24, 2.45) is 0 Å². The van der Waals surface area contributed by atoms with E-state index < -0.39 is 36.2 Å². The van der Waals surface area contributed by atoms with Crippen molar-refractivity contribution in [3.63, 3.8) is 0 Å². The van der Waals surface area contributed by atoms with E-state index in [-0.39, 0.29) is 51.8 Å². The Morgan fingerprint density at radius 2 is 0.825 bits per heavy atom. The molecule has 0 aliphatic heterocycles. The van der Waals surface area contributed by atoms with Crippen molar-refractivity contribution >= 4 is 47.4 Å². The second kappa shape index (κ2) is 26.9. The molecule has 0 bridgehead atoms. The molecule has 2 N–H and O–H groups in total. The largest absolute Gasteiger partial charge is 0.465 e. The van der Waals surface area contributed by atoms with Crippen LogP contribution < -0.4 is 10.6 Å². The number of amides is 2. The molecule has 4 aromatic rings. The van der Waals surface area contributed by atoms with E-state index >= 15 is 0 Å². The van der Waals surface area contributed by atoms with Gasteiger partial charge >= 0.3 is 36.1 Å². The number of benzene rings is 4. The lowest BCUT2D eigenvalue weighted by Gasteiger charge is -2.14. The lowest BCUT2D eigenvalue weighted by Crippen LogP contribution is -2.25. The molecule has 63 heavy (non-hydrogen) atoms. The Bertz CT molecular complexity index is 2120. The number of hydrogen-bond donors (Lipinski definition) is 2. The summed E-state index contributed by atoms with van der Waals surface area (Å²) in [6, 6.07) is 30.0. The fourth-order valence-electron chi connectivity index (χ4n) is 5.82. The Morgan fingerprint density at radius 3 is 1.25 bits per heavy atom. The van der Waals surface area contributed by atoms with Crippen LogP contribution in [0.4, 0.5) is 21.0 Å². The maximum absolute atomic E-state index is 12.6. The Kier molecular flexibility index (Phi) is 20.7. The predicted molar refractivity (Wildman–Crippen MR) is 236 cm³/mol. The van der Waals surface area contributed by atoms with Crippen molar-refractivity contribution in [2.45, 2.75) is 64.4 Å². The molecule has 0 saturated carbocycles. The molecule has 4 aromatic carbocycles. The molecule has 0 fully saturated rings. The second-order valence-electron chi connectivity index (χ2n) is 14.4. The highest BCUT2D eigenvalue weighted by Crippen LogP contribution is 2.18. The first kappa shape index (κ1) is 48.4. The van der Waals surface area contributed by atoms with E-state index in [1.54, 1.807) is 31.2 Å². The number of carbonyl (C=O) groups is 6. The molecule has 0 heterocycles. The van der Waals surface area contributed by atoms with E-state index in [4.69, 9.17) is 28.4 Å². The number of hydrogen-bond acceptors (Lipinski definition) is 12. The lowest BCUT2D eigenvalue weighted by atomic mass is 10.0. The van der Waals surface area contributed by atoms with Crippen molar-refractivity contribution in [3.8, 4) is 0 Å². The predicted octanol–water partition coefficient (Wildman–Crippen LogP) is 8.24. The summed E-state index contributed by atoms with van der Waals surface area (Å²) in [4.78, 5) is 71.4. The van der Waals surface area contributed by atoms with E-state index in [0.717, 1.165) is 45.5 Å². The minimum Gasteiger partial charge on any atom is -0.465 e. The van der Waals surface area contributed by atoms with Crippen LogP contribution in [0.15, 0.2) is 122 Å². The lowest BCUT2D eigenvalue weighted by molar-refractivity contribution is -0.145. The number of unbranched alkanes of at least 4 members (excludes halogenated alkanes) is 2. The summed E-state index contributed by atoms with van der Waals surface area (Å²) in [6.07, 6.45) is 4.10. The molecule has 0 aliphatic carbocycles. The Balaban J connectivity index is 1.07. The van der Waals surface area contributed by atoms with Gasteiger partial charge in [-0.15, -0.1) is 0 Å². The Hall–Kier alpha value is -7.22. The first-order valence-corrected chi connectivity index (χ1v) is 20.6. The molecule has 0 aliphatic rings. The summed E-state index contributed by atoms with van der Waals surface area (Å²) in [5.74, 6) is -1.72.